The van der Waals surface area contributed by atoms with Crippen molar-refractivity contribution in [2.45, 2.75) is 24.7 Å². The van der Waals surface area contributed by atoms with E-state index in [2.05, 4.69) is 5.32 Å². The lowest BCUT2D eigenvalue weighted by atomic mass is 9.73. The molecule has 0 unspecified atom stereocenters. The van der Waals surface area contributed by atoms with Crippen molar-refractivity contribution in [3.63, 3.8) is 0 Å². The Kier molecular flexibility index (Phi) is 5.54. The van der Waals surface area contributed by atoms with E-state index in [9.17, 15) is 4.79 Å². The van der Waals surface area contributed by atoms with Crippen molar-refractivity contribution in [1.82, 2.24) is 5.32 Å². The maximum Gasteiger partial charge on any atom is 0.230 e. The maximum atomic E-state index is 13.0. The molecule has 24 heavy (non-hydrogen) atoms. The summed E-state index contributed by atoms with van der Waals surface area (Å²) >= 11 is 5.90. The summed E-state index contributed by atoms with van der Waals surface area (Å²) in [7, 11) is 0. The lowest BCUT2D eigenvalue weighted by molar-refractivity contribution is -0.130. The molecule has 3 nitrogen and oxygen atoms in total. The van der Waals surface area contributed by atoms with Crippen LogP contribution in [0, 0.1) is 0 Å². The Labute approximate surface area is 148 Å². The molecule has 0 atom stereocenters. The molecular formula is C20H22ClNO2. The third-order valence-corrected chi connectivity index (χ3v) is 4.97. The second-order valence-electron chi connectivity index (χ2n) is 6.19. The molecule has 1 N–H and O–H groups in total. The fourth-order valence-corrected chi connectivity index (χ4v) is 3.39. The molecule has 126 valence electrons. The molecule has 0 aromatic heterocycles. The molecule has 4 heteroatoms. The topological polar surface area (TPSA) is 38.3 Å². The normalized spacial score (nSPS) is 16.5. The molecule has 1 heterocycles. The van der Waals surface area contributed by atoms with Crippen LogP contribution in [0.5, 0.6) is 0 Å². The summed E-state index contributed by atoms with van der Waals surface area (Å²) < 4.78 is 5.49. The summed E-state index contributed by atoms with van der Waals surface area (Å²) in [6, 6.07) is 17.8. The highest BCUT2D eigenvalue weighted by molar-refractivity contribution is 6.30. The van der Waals surface area contributed by atoms with Gasteiger partial charge in [0.2, 0.25) is 5.91 Å². The highest BCUT2D eigenvalue weighted by Crippen LogP contribution is 2.35. The van der Waals surface area contributed by atoms with Crippen molar-refractivity contribution in [2.24, 2.45) is 0 Å². The number of rotatable bonds is 5. The van der Waals surface area contributed by atoms with Gasteiger partial charge in [0.25, 0.3) is 0 Å². The molecule has 0 radical (unpaired) electrons. The predicted octanol–water partition coefficient (Wildman–Crippen LogP) is 3.75. The minimum atomic E-state index is -0.473. The van der Waals surface area contributed by atoms with Gasteiger partial charge >= 0.3 is 0 Å². The van der Waals surface area contributed by atoms with E-state index in [1.54, 1.807) is 0 Å². The molecule has 0 spiro atoms. The van der Waals surface area contributed by atoms with Crippen LogP contribution in [0.25, 0.3) is 0 Å². The third kappa shape index (κ3) is 3.80. The Morgan fingerprint density at radius 2 is 1.71 bits per heavy atom. The van der Waals surface area contributed by atoms with Gasteiger partial charge in [0.15, 0.2) is 0 Å². The first-order valence-corrected chi connectivity index (χ1v) is 8.74. The molecule has 2 aromatic rings. The Hall–Kier alpha value is -1.84. The number of carbonyl (C=O) groups excluding carboxylic acids is 1. The molecule has 0 aliphatic carbocycles. The molecule has 1 aliphatic rings. The second-order valence-corrected chi connectivity index (χ2v) is 6.63. The third-order valence-electron chi connectivity index (χ3n) is 4.72. The van der Waals surface area contributed by atoms with Gasteiger partial charge in [-0.2, -0.15) is 0 Å². The summed E-state index contributed by atoms with van der Waals surface area (Å²) in [6.07, 6.45) is 2.25. The van der Waals surface area contributed by atoms with Crippen LogP contribution in [0.2, 0.25) is 5.02 Å². The van der Waals surface area contributed by atoms with E-state index in [-0.39, 0.29) is 5.91 Å². The Balaban J connectivity index is 1.67. The largest absolute Gasteiger partial charge is 0.381 e. The molecule has 1 aliphatic heterocycles. The Morgan fingerprint density at radius 3 is 2.38 bits per heavy atom. The first-order valence-electron chi connectivity index (χ1n) is 8.37. The van der Waals surface area contributed by atoms with Crippen LogP contribution in [-0.4, -0.2) is 25.7 Å². The number of amides is 1. The Morgan fingerprint density at radius 1 is 1.04 bits per heavy atom. The van der Waals surface area contributed by atoms with Gasteiger partial charge in [0, 0.05) is 24.8 Å². The van der Waals surface area contributed by atoms with Gasteiger partial charge in [0.1, 0.15) is 0 Å². The molecule has 0 saturated carbocycles. The average molecular weight is 344 g/mol. The van der Waals surface area contributed by atoms with Crippen LogP contribution < -0.4 is 5.32 Å². The molecule has 2 aromatic carbocycles. The van der Waals surface area contributed by atoms with E-state index < -0.39 is 5.41 Å². The van der Waals surface area contributed by atoms with E-state index in [0.717, 1.165) is 29.8 Å². The lowest BCUT2D eigenvalue weighted by Gasteiger charge is -2.36. The van der Waals surface area contributed by atoms with Crippen molar-refractivity contribution in [2.75, 3.05) is 19.8 Å². The standard InChI is InChI=1S/C20H22ClNO2/c21-18-8-6-16(7-9-18)10-13-22-19(23)20(11-14-24-15-12-20)17-4-2-1-3-5-17/h1-9H,10-15H2,(H,22,23). The van der Waals surface area contributed by atoms with Gasteiger partial charge < -0.3 is 10.1 Å². The summed E-state index contributed by atoms with van der Waals surface area (Å²) in [5.74, 6) is 0.103. The number of hydrogen-bond acceptors (Lipinski definition) is 2. The highest BCUT2D eigenvalue weighted by atomic mass is 35.5. The highest BCUT2D eigenvalue weighted by Gasteiger charge is 2.41. The number of ether oxygens (including phenoxy) is 1. The summed E-state index contributed by atoms with van der Waals surface area (Å²) in [5.41, 5.74) is 1.78. The number of halogens is 1. The summed E-state index contributed by atoms with van der Waals surface area (Å²) in [6.45, 7) is 1.87. The zero-order valence-corrected chi connectivity index (χ0v) is 14.4. The molecular weight excluding hydrogens is 322 g/mol. The fourth-order valence-electron chi connectivity index (χ4n) is 3.26. The smallest absolute Gasteiger partial charge is 0.230 e. The van der Waals surface area contributed by atoms with Crippen LogP contribution in [0.4, 0.5) is 0 Å². The van der Waals surface area contributed by atoms with Gasteiger partial charge in [0.05, 0.1) is 5.41 Å². The molecule has 0 bridgehead atoms. The van der Waals surface area contributed by atoms with Gasteiger partial charge in [-0.3, -0.25) is 4.79 Å². The van der Waals surface area contributed by atoms with Gasteiger partial charge in [-0.25, -0.2) is 0 Å². The van der Waals surface area contributed by atoms with Crippen molar-refractivity contribution < 1.29 is 9.53 Å². The molecule has 1 fully saturated rings. The second kappa shape index (κ2) is 7.82. The van der Waals surface area contributed by atoms with E-state index >= 15 is 0 Å². The molecule has 1 saturated heterocycles. The van der Waals surface area contributed by atoms with Gasteiger partial charge in [-0.1, -0.05) is 54.1 Å². The first kappa shape index (κ1) is 17.0. The van der Waals surface area contributed by atoms with Gasteiger partial charge in [-0.05, 0) is 42.5 Å². The van der Waals surface area contributed by atoms with Crippen LogP contribution in [0.3, 0.4) is 0 Å². The first-order chi connectivity index (χ1) is 11.7. The summed E-state index contributed by atoms with van der Waals surface area (Å²) in [4.78, 5) is 13.0. The van der Waals surface area contributed by atoms with E-state index in [4.69, 9.17) is 16.3 Å². The number of hydrogen-bond donors (Lipinski definition) is 1. The minimum Gasteiger partial charge on any atom is -0.381 e. The predicted molar refractivity (Wildman–Crippen MR) is 96.3 cm³/mol. The zero-order valence-electron chi connectivity index (χ0n) is 13.6. The lowest BCUT2D eigenvalue weighted by Crippen LogP contribution is -2.48. The number of benzene rings is 2. The maximum absolute atomic E-state index is 13.0. The van der Waals surface area contributed by atoms with E-state index in [1.165, 1.54) is 5.56 Å². The number of nitrogens with one attached hydrogen (secondary N) is 1. The van der Waals surface area contributed by atoms with Crippen LogP contribution in [-0.2, 0) is 21.4 Å². The van der Waals surface area contributed by atoms with Crippen molar-refractivity contribution in [3.05, 3.63) is 70.7 Å². The van der Waals surface area contributed by atoms with Crippen molar-refractivity contribution in [1.29, 1.82) is 0 Å². The SMILES string of the molecule is O=C(NCCc1ccc(Cl)cc1)C1(c2ccccc2)CCOCC1. The quantitative estimate of drug-likeness (QED) is 0.898. The molecule has 3 rings (SSSR count). The van der Waals surface area contributed by atoms with E-state index in [0.29, 0.717) is 19.8 Å². The average Bonchev–Trinajstić information content (AvgIpc) is 2.64. The zero-order chi connectivity index (χ0) is 16.8. The van der Waals surface area contributed by atoms with Crippen molar-refractivity contribution >= 4 is 17.5 Å². The number of carbonyl (C=O) groups is 1. The minimum absolute atomic E-state index is 0.103. The fraction of sp³-hybridized carbons (Fsp3) is 0.350. The van der Waals surface area contributed by atoms with Gasteiger partial charge in [-0.15, -0.1) is 0 Å². The molecule has 1 amide bonds. The monoisotopic (exact) mass is 343 g/mol. The Bertz CT molecular complexity index is 664. The van der Waals surface area contributed by atoms with Crippen molar-refractivity contribution in [3.8, 4) is 0 Å². The summed E-state index contributed by atoms with van der Waals surface area (Å²) in [5, 5.41) is 3.86. The van der Waals surface area contributed by atoms with Crippen LogP contribution >= 0.6 is 11.6 Å². The van der Waals surface area contributed by atoms with Crippen LogP contribution in [0.1, 0.15) is 24.0 Å². The van der Waals surface area contributed by atoms with Crippen LogP contribution in [0.15, 0.2) is 54.6 Å². The van der Waals surface area contributed by atoms with E-state index in [1.807, 2.05) is 54.6 Å².